The third kappa shape index (κ3) is 10.6. The summed E-state index contributed by atoms with van der Waals surface area (Å²) in [4.78, 5) is 84.1. The van der Waals surface area contributed by atoms with Crippen LogP contribution in [0.1, 0.15) is 43.1 Å². The molecule has 2 aliphatic heterocycles. The number of rotatable bonds is 16. The molecular weight excluding hydrogens is 674 g/mol. The molecule has 50 heavy (non-hydrogen) atoms. The number of amides is 4. The Morgan fingerprint density at radius 3 is 2.48 bits per heavy atom. The number of carbonyl (C=O) groups excluding carboxylic acids is 5. The summed E-state index contributed by atoms with van der Waals surface area (Å²) in [5, 5.41) is 20.6. The lowest BCUT2D eigenvalue weighted by Crippen LogP contribution is -2.55. The van der Waals surface area contributed by atoms with Crippen molar-refractivity contribution in [1.82, 2.24) is 35.3 Å². The number of piperazine rings is 1. The van der Waals surface area contributed by atoms with E-state index in [9.17, 15) is 33.9 Å². The number of likely N-dealkylation sites (tertiary alicyclic amines) is 1. The summed E-state index contributed by atoms with van der Waals surface area (Å²) in [5.74, 6) is -2.18. The van der Waals surface area contributed by atoms with Crippen molar-refractivity contribution in [3.63, 3.8) is 0 Å². The van der Waals surface area contributed by atoms with Crippen LogP contribution in [-0.4, -0.2) is 142 Å². The van der Waals surface area contributed by atoms with E-state index in [1.54, 1.807) is 49.0 Å². The Balaban J connectivity index is 1.45. The number of thioether (sulfide) groups is 1. The highest BCUT2D eigenvalue weighted by molar-refractivity contribution is 7.98. The molecule has 18 heteroatoms. The van der Waals surface area contributed by atoms with Gasteiger partial charge < -0.3 is 39.9 Å². The van der Waals surface area contributed by atoms with Crippen LogP contribution in [0.2, 0.25) is 0 Å². The Kier molecular flexibility index (Phi) is 14.3. The number of carboxylic acids is 1. The van der Waals surface area contributed by atoms with Crippen LogP contribution in [0.5, 0.6) is 5.88 Å². The van der Waals surface area contributed by atoms with Crippen molar-refractivity contribution in [2.45, 2.75) is 44.7 Å². The maximum absolute atomic E-state index is 13.5. The summed E-state index contributed by atoms with van der Waals surface area (Å²) in [6.45, 7) is 2.97. The van der Waals surface area contributed by atoms with Gasteiger partial charge in [0.2, 0.25) is 17.7 Å². The fraction of sp³-hybridized carbons (Fsp3) is 0.531. The second kappa shape index (κ2) is 18.8. The molecule has 0 saturated carbocycles. The number of nitrogens with zero attached hydrogens (tertiary/aromatic N) is 5. The van der Waals surface area contributed by atoms with E-state index in [-0.39, 0.29) is 63.1 Å². The fourth-order valence-corrected chi connectivity index (χ4v) is 5.82. The Hall–Kier alpha value is -4.84. The number of benzene rings is 1. The van der Waals surface area contributed by atoms with E-state index in [1.165, 1.54) is 25.6 Å². The van der Waals surface area contributed by atoms with E-state index in [0.29, 0.717) is 31.6 Å². The molecule has 1 aromatic heterocycles. The van der Waals surface area contributed by atoms with Gasteiger partial charge in [-0.1, -0.05) is 18.2 Å². The molecule has 0 radical (unpaired) electrons. The van der Waals surface area contributed by atoms with E-state index < -0.39 is 48.5 Å². The quantitative estimate of drug-likeness (QED) is 0.164. The van der Waals surface area contributed by atoms with Crippen molar-refractivity contribution in [1.29, 1.82) is 0 Å². The first-order valence-electron chi connectivity index (χ1n) is 16.4. The van der Waals surface area contributed by atoms with E-state index in [1.807, 2.05) is 6.26 Å². The number of hydrogen-bond acceptors (Lipinski definition) is 12. The van der Waals surface area contributed by atoms with Gasteiger partial charge in [-0.3, -0.25) is 24.0 Å². The Morgan fingerprint density at radius 2 is 1.80 bits per heavy atom. The maximum atomic E-state index is 13.5. The van der Waals surface area contributed by atoms with Crippen molar-refractivity contribution in [3.8, 4) is 11.6 Å². The van der Waals surface area contributed by atoms with Crippen LogP contribution < -0.4 is 15.4 Å². The molecule has 0 spiro atoms. The van der Waals surface area contributed by atoms with Crippen LogP contribution in [0.4, 0.5) is 4.79 Å². The molecule has 17 nitrogen and oxygen atoms in total. The minimum absolute atomic E-state index is 0.0704. The number of hydroxylamine groups is 2. The van der Waals surface area contributed by atoms with Crippen LogP contribution in [0.25, 0.3) is 5.69 Å². The molecule has 2 saturated heterocycles. The first-order valence-corrected chi connectivity index (χ1v) is 17.8. The lowest BCUT2D eigenvalue weighted by atomic mass is 10.1. The number of para-hydroxylation sites is 1. The maximum Gasteiger partial charge on any atom is 0.527 e. The average molecular weight is 718 g/mol. The normalized spacial score (nSPS) is 16.7. The van der Waals surface area contributed by atoms with Gasteiger partial charge in [0.05, 0.1) is 25.4 Å². The average Bonchev–Trinajstić information content (AvgIpc) is 3.78. The van der Waals surface area contributed by atoms with E-state index >= 15 is 0 Å². The van der Waals surface area contributed by atoms with Gasteiger partial charge in [-0.2, -0.15) is 16.9 Å². The van der Waals surface area contributed by atoms with E-state index in [0.717, 1.165) is 5.75 Å². The molecule has 2 aliphatic rings. The van der Waals surface area contributed by atoms with Gasteiger partial charge in [-0.25, -0.2) is 9.48 Å². The van der Waals surface area contributed by atoms with Gasteiger partial charge in [0.15, 0.2) is 12.3 Å². The number of carboxylic acid groups (broad SMARTS) is 1. The molecule has 272 valence electrons. The number of hydrogen-bond donors (Lipinski definition) is 3. The summed E-state index contributed by atoms with van der Waals surface area (Å²) in [5.41, 5.74) is 0.395. The zero-order valence-corrected chi connectivity index (χ0v) is 28.9. The highest BCUT2D eigenvalue weighted by Gasteiger charge is 2.35. The molecule has 2 aromatic rings. The Morgan fingerprint density at radius 1 is 1.06 bits per heavy atom. The minimum atomic E-state index is -1.20. The summed E-state index contributed by atoms with van der Waals surface area (Å²) in [7, 11) is 0. The predicted molar refractivity (Wildman–Crippen MR) is 180 cm³/mol. The van der Waals surface area contributed by atoms with Crippen molar-refractivity contribution in [2.75, 3.05) is 64.5 Å². The monoisotopic (exact) mass is 717 g/mol. The molecular formula is C32H43N7O10S. The number of aliphatic carboxylic acids is 1. The van der Waals surface area contributed by atoms with E-state index in [4.69, 9.17) is 14.3 Å². The molecule has 1 aromatic carbocycles. The molecule has 0 bridgehead atoms. The topological polar surface area (TPSA) is 202 Å². The highest BCUT2D eigenvalue weighted by Crippen LogP contribution is 2.22. The fourth-order valence-electron chi connectivity index (χ4n) is 5.51. The zero-order valence-electron chi connectivity index (χ0n) is 28.1. The van der Waals surface area contributed by atoms with Gasteiger partial charge >= 0.3 is 12.1 Å². The molecule has 3 N–H and O–H groups in total. The smallest absolute Gasteiger partial charge is 0.481 e. The van der Waals surface area contributed by atoms with Gasteiger partial charge in [0.1, 0.15) is 12.1 Å². The molecule has 0 unspecified atom stereocenters. The van der Waals surface area contributed by atoms with Gasteiger partial charge in [0, 0.05) is 44.4 Å². The predicted octanol–water partition coefficient (Wildman–Crippen LogP) is 0.917. The highest BCUT2D eigenvalue weighted by atomic mass is 32.2. The molecule has 2 atom stereocenters. The molecule has 2 fully saturated rings. The van der Waals surface area contributed by atoms with Crippen LogP contribution in [-0.2, 0) is 28.8 Å². The molecule has 3 heterocycles. The lowest BCUT2D eigenvalue weighted by molar-refractivity contribution is -0.157. The van der Waals surface area contributed by atoms with Crippen molar-refractivity contribution in [3.05, 3.63) is 42.1 Å². The van der Waals surface area contributed by atoms with Gasteiger partial charge in [-0.05, 0) is 44.6 Å². The van der Waals surface area contributed by atoms with Crippen molar-refractivity contribution < 1.29 is 48.2 Å². The van der Waals surface area contributed by atoms with Crippen LogP contribution in [0, 0.1) is 0 Å². The number of carbonyl (C=O) groups is 6. The summed E-state index contributed by atoms with van der Waals surface area (Å²) in [6.07, 6.45) is 1.74. The number of aromatic nitrogens is 2. The lowest BCUT2D eigenvalue weighted by Gasteiger charge is -2.35. The third-order valence-corrected chi connectivity index (χ3v) is 8.61. The van der Waals surface area contributed by atoms with Gasteiger partial charge in [-0.15, -0.1) is 5.06 Å². The standard InChI is InChI=1S/C32H43N7O10S/c1-3-47-32(46)49-37-17-15-36(16-18-37)31(45)23(11-12-28(41)42)34-29(43)24-20-27(39(35-24)22-8-5-4-6-9-22)48-21-26(40)38-14-7-10-25(38)30(44)33-13-19-50-2/h4-6,8-9,20,23,25H,3,7,10-19,21H2,1-2H3,(H,33,44)(H,34,43)(H,41,42)/t23-,25-/m0/s1. The van der Waals surface area contributed by atoms with Crippen LogP contribution >= 0.6 is 11.8 Å². The SMILES string of the molecule is CCOC(=O)ON1CCN(C(=O)[C@H](CCC(=O)O)NC(=O)c2cc(OCC(=O)N3CCC[C@H]3C(=O)NCCSC)n(-c3ccccc3)n2)CC1. The Labute approximate surface area is 293 Å². The summed E-state index contributed by atoms with van der Waals surface area (Å²) < 4.78 is 12.0. The summed E-state index contributed by atoms with van der Waals surface area (Å²) >= 11 is 1.61. The molecule has 0 aliphatic carbocycles. The van der Waals surface area contributed by atoms with Crippen LogP contribution in [0.15, 0.2) is 36.4 Å². The Bertz CT molecular complexity index is 1500. The third-order valence-electron chi connectivity index (χ3n) is 8.00. The molecule has 4 amide bonds. The van der Waals surface area contributed by atoms with Crippen molar-refractivity contribution >= 4 is 47.5 Å². The largest absolute Gasteiger partial charge is 0.527 e. The molecule has 4 rings (SSSR count). The second-order valence-electron chi connectivity index (χ2n) is 11.4. The number of nitrogens with one attached hydrogen (secondary N) is 2. The van der Waals surface area contributed by atoms with E-state index in [2.05, 4.69) is 15.7 Å². The summed E-state index contributed by atoms with van der Waals surface area (Å²) in [6, 6.07) is 8.30. The van der Waals surface area contributed by atoms with Crippen LogP contribution in [0.3, 0.4) is 0 Å². The zero-order chi connectivity index (χ0) is 36.0. The van der Waals surface area contributed by atoms with Gasteiger partial charge in [0.25, 0.3) is 11.8 Å². The first-order chi connectivity index (χ1) is 24.1. The second-order valence-corrected chi connectivity index (χ2v) is 12.4. The minimum Gasteiger partial charge on any atom is -0.481 e. The number of ether oxygens (including phenoxy) is 2. The first kappa shape index (κ1) is 38.0. The van der Waals surface area contributed by atoms with Crippen molar-refractivity contribution in [2.24, 2.45) is 0 Å².